The van der Waals surface area contributed by atoms with Gasteiger partial charge in [0, 0.05) is 5.39 Å². The van der Waals surface area contributed by atoms with Gasteiger partial charge in [0.25, 0.3) is 0 Å². The molecule has 0 saturated carbocycles. The molecule has 0 radical (unpaired) electrons. The molecule has 2 N–H and O–H groups in total. The molecule has 16 heavy (non-hydrogen) atoms. The molecule has 2 nitrogen and oxygen atoms in total. The van der Waals surface area contributed by atoms with E-state index in [1.807, 2.05) is 19.9 Å². The zero-order valence-corrected chi connectivity index (χ0v) is 10.6. The molecule has 0 aliphatic rings. The first-order valence-electron chi connectivity index (χ1n) is 5.13. The lowest BCUT2D eigenvalue weighted by Gasteiger charge is -2.11. The van der Waals surface area contributed by atoms with Crippen molar-refractivity contribution in [2.45, 2.75) is 19.9 Å². The van der Waals surface area contributed by atoms with E-state index in [4.69, 9.17) is 33.4 Å². The van der Waals surface area contributed by atoms with E-state index in [0.717, 1.165) is 11.1 Å². The zero-order valence-electron chi connectivity index (χ0n) is 9.13. The molecule has 0 unspecified atom stereocenters. The van der Waals surface area contributed by atoms with E-state index < -0.39 is 0 Å². The van der Waals surface area contributed by atoms with Gasteiger partial charge in [-0.3, -0.25) is 0 Å². The van der Waals surface area contributed by atoms with Crippen molar-refractivity contribution in [3.05, 3.63) is 34.0 Å². The van der Waals surface area contributed by atoms with Crippen molar-refractivity contribution in [3.63, 3.8) is 0 Å². The molecule has 0 aliphatic carbocycles. The van der Waals surface area contributed by atoms with Crippen LogP contribution in [0.2, 0.25) is 10.0 Å². The van der Waals surface area contributed by atoms with Crippen LogP contribution in [0.25, 0.3) is 11.0 Å². The maximum absolute atomic E-state index is 6.07. The van der Waals surface area contributed by atoms with Crippen molar-refractivity contribution in [2.24, 2.45) is 11.7 Å². The fourth-order valence-corrected chi connectivity index (χ4v) is 1.98. The third-order valence-electron chi connectivity index (χ3n) is 2.65. The van der Waals surface area contributed by atoms with Crippen molar-refractivity contribution >= 4 is 34.2 Å². The van der Waals surface area contributed by atoms with Crippen LogP contribution in [0.3, 0.4) is 0 Å². The molecule has 0 aliphatic heterocycles. The molecular formula is C12H13Cl2NO. The Labute approximate surface area is 104 Å². The lowest BCUT2D eigenvalue weighted by atomic mass is 10.0. The SMILES string of the molecule is CC(C)[C@H](N)c1cc2c(Cl)ccc(Cl)c2o1. The Bertz CT molecular complexity index is 480. The molecule has 1 aromatic carbocycles. The highest BCUT2D eigenvalue weighted by atomic mass is 35.5. The number of halogens is 2. The smallest absolute Gasteiger partial charge is 0.154 e. The molecule has 0 bridgehead atoms. The predicted octanol–water partition coefficient (Wildman–Crippen LogP) is 4.40. The molecule has 2 rings (SSSR count). The van der Waals surface area contributed by atoms with Crippen molar-refractivity contribution in [3.8, 4) is 0 Å². The summed E-state index contributed by atoms with van der Waals surface area (Å²) in [7, 11) is 0. The Morgan fingerprint density at radius 3 is 2.38 bits per heavy atom. The second-order valence-electron chi connectivity index (χ2n) is 4.19. The monoisotopic (exact) mass is 257 g/mol. The summed E-state index contributed by atoms with van der Waals surface area (Å²) in [5.41, 5.74) is 6.63. The van der Waals surface area contributed by atoms with Gasteiger partial charge in [-0.2, -0.15) is 0 Å². The summed E-state index contributed by atoms with van der Waals surface area (Å²) in [5.74, 6) is 1.03. The van der Waals surface area contributed by atoms with Crippen molar-refractivity contribution < 1.29 is 4.42 Å². The van der Waals surface area contributed by atoms with E-state index >= 15 is 0 Å². The second kappa shape index (κ2) is 4.28. The molecule has 1 atom stereocenters. The van der Waals surface area contributed by atoms with Crippen LogP contribution < -0.4 is 5.73 Å². The fourth-order valence-electron chi connectivity index (χ4n) is 1.57. The van der Waals surface area contributed by atoms with E-state index in [9.17, 15) is 0 Å². The van der Waals surface area contributed by atoms with Gasteiger partial charge in [0.2, 0.25) is 0 Å². The highest BCUT2D eigenvalue weighted by Crippen LogP contribution is 2.35. The van der Waals surface area contributed by atoms with Crippen molar-refractivity contribution in [1.82, 2.24) is 0 Å². The summed E-state index contributed by atoms with van der Waals surface area (Å²) in [6.07, 6.45) is 0. The Morgan fingerprint density at radius 2 is 1.81 bits per heavy atom. The Morgan fingerprint density at radius 1 is 1.19 bits per heavy atom. The molecule has 0 spiro atoms. The summed E-state index contributed by atoms with van der Waals surface area (Å²) in [4.78, 5) is 0. The van der Waals surface area contributed by atoms with Gasteiger partial charge >= 0.3 is 0 Å². The van der Waals surface area contributed by atoms with E-state index in [0.29, 0.717) is 21.5 Å². The first kappa shape index (κ1) is 11.8. The van der Waals surface area contributed by atoms with Gasteiger partial charge in [-0.25, -0.2) is 0 Å². The number of hydrogen-bond acceptors (Lipinski definition) is 2. The van der Waals surface area contributed by atoms with E-state index in [2.05, 4.69) is 0 Å². The molecule has 2 aromatic rings. The van der Waals surface area contributed by atoms with Gasteiger partial charge in [-0.1, -0.05) is 37.0 Å². The predicted molar refractivity (Wildman–Crippen MR) is 68.0 cm³/mol. The Balaban J connectivity index is 2.60. The van der Waals surface area contributed by atoms with Crippen LogP contribution in [0.5, 0.6) is 0 Å². The number of benzene rings is 1. The van der Waals surface area contributed by atoms with E-state index in [1.165, 1.54) is 0 Å². The first-order chi connectivity index (χ1) is 7.50. The average molecular weight is 258 g/mol. The van der Waals surface area contributed by atoms with Crippen molar-refractivity contribution in [1.29, 1.82) is 0 Å². The second-order valence-corrected chi connectivity index (χ2v) is 5.00. The summed E-state index contributed by atoms with van der Waals surface area (Å²) in [5, 5.41) is 2.01. The molecular weight excluding hydrogens is 245 g/mol. The third kappa shape index (κ3) is 1.93. The zero-order chi connectivity index (χ0) is 11.9. The molecule has 1 aromatic heterocycles. The Kier molecular flexibility index (Phi) is 3.15. The molecule has 86 valence electrons. The van der Waals surface area contributed by atoms with Crippen LogP contribution in [0.4, 0.5) is 0 Å². The molecule has 1 heterocycles. The third-order valence-corrected chi connectivity index (χ3v) is 3.28. The largest absolute Gasteiger partial charge is 0.458 e. The molecule has 0 fully saturated rings. The standard InChI is InChI=1S/C12H13Cl2NO/c1-6(2)11(15)10-5-7-8(13)3-4-9(14)12(7)16-10/h3-6,11H,15H2,1-2H3/t11-/m0/s1. The van der Waals surface area contributed by atoms with E-state index in [1.54, 1.807) is 12.1 Å². The average Bonchev–Trinajstić information content (AvgIpc) is 2.68. The number of rotatable bonds is 2. The van der Waals surface area contributed by atoms with Gasteiger partial charge in [-0.05, 0) is 24.1 Å². The van der Waals surface area contributed by atoms with E-state index in [-0.39, 0.29) is 6.04 Å². The minimum absolute atomic E-state index is 0.139. The van der Waals surface area contributed by atoms with Crippen LogP contribution in [-0.2, 0) is 0 Å². The van der Waals surface area contributed by atoms with Gasteiger partial charge in [0.1, 0.15) is 5.76 Å². The summed E-state index contributed by atoms with van der Waals surface area (Å²) in [6.45, 7) is 4.09. The van der Waals surface area contributed by atoms with Gasteiger partial charge in [-0.15, -0.1) is 0 Å². The maximum Gasteiger partial charge on any atom is 0.154 e. The summed E-state index contributed by atoms with van der Waals surface area (Å²) in [6, 6.07) is 5.21. The first-order valence-corrected chi connectivity index (χ1v) is 5.89. The summed E-state index contributed by atoms with van der Waals surface area (Å²) < 4.78 is 5.66. The number of furan rings is 1. The lowest BCUT2D eigenvalue weighted by molar-refractivity contribution is 0.418. The Hall–Kier alpha value is -0.700. The molecule has 0 amide bonds. The van der Waals surface area contributed by atoms with Crippen LogP contribution in [-0.4, -0.2) is 0 Å². The molecule has 0 saturated heterocycles. The molecule has 4 heteroatoms. The minimum Gasteiger partial charge on any atom is -0.458 e. The quantitative estimate of drug-likeness (QED) is 0.867. The number of nitrogens with two attached hydrogens (primary N) is 1. The van der Waals surface area contributed by atoms with Crippen LogP contribution >= 0.6 is 23.2 Å². The summed E-state index contributed by atoms with van der Waals surface area (Å²) >= 11 is 12.1. The highest BCUT2D eigenvalue weighted by Gasteiger charge is 2.17. The van der Waals surface area contributed by atoms with Gasteiger partial charge in [0.05, 0.1) is 16.1 Å². The van der Waals surface area contributed by atoms with Gasteiger partial charge in [0.15, 0.2) is 5.58 Å². The fraction of sp³-hybridized carbons (Fsp3) is 0.333. The minimum atomic E-state index is -0.139. The van der Waals surface area contributed by atoms with Gasteiger partial charge < -0.3 is 10.2 Å². The van der Waals surface area contributed by atoms with Crippen molar-refractivity contribution in [2.75, 3.05) is 0 Å². The number of hydrogen-bond donors (Lipinski definition) is 1. The normalized spacial score (nSPS) is 13.6. The lowest BCUT2D eigenvalue weighted by Crippen LogP contribution is -2.15. The maximum atomic E-state index is 6.07. The highest BCUT2D eigenvalue weighted by molar-refractivity contribution is 6.39. The van der Waals surface area contributed by atoms with Crippen LogP contribution in [0, 0.1) is 5.92 Å². The topological polar surface area (TPSA) is 39.2 Å². The van der Waals surface area contributed by atoms with Crippen LogP contribution in [0.15, 0.2) is 22.6 Å². The van der Waals surface area contributed by atoms with Crippen LogP contribution in [0.1, 0.15) is 25.6 Å². The number of fused-ring (bicyclic) bond motifs is 1.